The zero-order valence-corrected chi connectivity index (χ0v) is 14.2. The monoisotopic (exact) mass is 343 g/mol. The minimum Gasteiger partial charge on any atom is -0.334 e. The van der Waals surface area contributed by atoms with Crippen LogP contribution < -0.4 is 4.72 Å². The lowest BCUT2D eigenvalue weighted by atomic mass is 10.2. The van der Waals surface area contributed by atoms with Crippen LogP contribution in [-0.4, -0.2) is 18.6 Å². The molecular formula is C17H17N3O3S. The van der Waals surface area contributed by atoms with Crippen molar-refractivity contribution in [2.45, 2.75) is 25.2 Å². The molecule has 1 aromatic heterocycles. The summed E-state index contributed by atoms with van der Waals surface area (Å²) in [7, 11) is -3.65. The van der Waals surface area contributed by atoms with Crippen LogP contribution in [-0.2, 0) is 16.4 Å². The molecule has 0 saturated heterocycles. The van der Waals surface area contributed by atoms with Gasteiger partial charge in [-0.25, -0.2) is 8.42 Å². The molecule has 0 unspecified atom stereocenters. The van der Waals surface area contributed by atoms with Gasteiger partial charge >= 0.3 is 0 Å². The number of benzene rings is 2. The van der Waals surface area contributed by atoms with Crippen molar-refractivity contribution in [2.24, 2.45) is 0 Å². The second kappa shape index (κ2) is 6.45. The van der Waals surface area contributed by atoms with Gasteiger partial charge in [0.15, 0.2) is 5.82 Å². The molecule has 0 aliphatic carbocycles. The SMILES string of the molecule is CCc1noc(-c2cccc(NS(=O)(=O)c3ccc(C)cc3)c2)n1. The Bertz CT molecular complexity index is 947. The molecule has 3 aromatic rings. The van der Waals surface area contributed by atoms with Gasteiger partial charge in [-0.1, -0.05) is 35.8 Å². The Hall–Kier alpha value is -2.67. The van der Waals surface area contributed by atoms with Crippen LogP contribution in [0.25, 0.3) is 11.5 Å². The standard InChI is InChI=1S/C17H17N3O3S/c1-3-16-18-17(23-19-16)13-5-4-6-14(11-13)20-24(21,22)15-9-7-12(2)8-10-15/h4-11,20H,3H2,1-2H3. The fourth-order valence-corrected chi connectivity index (χ4v) is 3.21. The minimum atomic E-state index is -3.65. The van der Waals surface area contributed by atoms with Crippen LogP contribution in [0.1, 0.15) is 18.3 Å². The number of anilines is 1. The van der Waals surface area contributed by atoms with E-state index < -0.39 is 10.0 Å². The molecule has 0 spiro atoms. The molecule has 0 bridgehead atoms. The number of nitrogens with one attached hydrogen (secondary N) is 1. The molecule has 0 aliphatic rings. The number of aromatic nitrogens is 2. The van der Waals surface area contributed by atoms with E-state index in [0.29, 0.717) is 29.4 Å². The Morgan fingerprint density at radius 2 is 1.88 bits per heavy atom. The van der Waals surface area contributed by atoms with Crippen LogP contribution in [0.15, 0.2) is 57.9 Å². The van der Waals surface area contributed by atoms with Gasteiger partial charge in [-0.3, -0.25) is 4.72 Å². The van der Waals surface area contributed by atoms with Crippen molar-refractivity contribution >= 4 is 15.7 Å². The predicted octanol–water partition coefficient (Wildman–Crippen LogP) is 3.41. The van der Waals surface area contributed by atoms with Crippen molar-refractivity contribution in [1.82, 2.24) is 10.1 Å². The molecule has 7 heteroatoms. The minimum absolute atomic E-state index is 0.213. The maximum absolute atomic E-state index is 12.4. The van der Waals surface area contributed by atoms with E-state index in [0.717, 1.165) is 5.56 Å². The highest BCUT2D eigenvalue weighted by molar-refractivity contribution is 7.92. The molecule has 0 radical (unpaired) electrons. The zero-order valence-electron chi connectivity index (χ0n) is 13.4. The average Bonchev–Trinajstić information content (AvgIpc) is 3.04. The van der Waals surface area contributed by atoms with Gasteiger partial charge < -0.3 is 4.52 Å². The average molecular weight is 343 g/mol. The fourth-order valence-electron chi connectivity index (χ4n) is 2.16. The van der Waals surface area contributed by atoms with Gasteiger partial charge in [0, 0.05) is 17.7 Å². The normalized spacial score (nSPS) is 11.4. The summed E-state index contributed by atoms with van der Waals surface area (Å²) in [5.41, 5.74) is 2.09. The van der Waals surface area contributed by atoms with Crippen molar-refractivity contribution in [3.8, 4) is 11.5 Å². The molecule has 24 heavy (non-hydrogen) atoms. The molecule has 2 aromatic carbocycles. The molecule has 3 rings (SSSR count). The van der Waals surface area contributed by atoms with Crippen molar-refractivity contribution < 1.29 is 12.9 Å². The molecule has 0 fully saturated rings. The van der Waals surface area contributed by atoms with E-state index >= 15 is 0 Å². The van der Waals surface area contributed by atoms with Crippen LogP contribution in [0.5, 0.6) is 0 Å². The molecule has 1 heterocycles. The molecule has 0 aliphatic heterocycles. The van der Waals surface area contributed by atoms with Crippen LogP contribution in [0.2, 0.25) is 0 Å². The Morgan fingerprint density at radius 1 is 1.12 bits per heavy atom. The molecule has 124 valence electrons. The summed E-state index contributed by atoms with van der Waals surface area (Å²) in [6.45, 7) is 3.84. The predicted molar refractivity (Wildman–Crippen MR) is 91.1 cm³/mol. The van der Waals surface area contributed by atoms with Gasteiger partial charge in [0.05, 0.1) is 4.90 Å². The van der Waals surface area contributed by atoms with E-state index in [4.69, 9.17) is 4.52 Å². The number of nitrogens with zero attached hydrogens (tertiary/aromatic N) is 2. The quantitative estimate of drug-likeness (QED) is 0.767. The number of rotatable bonds is 5. The van der Waals surface area contributed by atoms with Crippen molar-refractivity contribution in [2.75, 3.05) is 4.72 Å². The topological polar surface area (TPSA) is 85.1 Å². The summed E-state index contributed by atoms with van der Waals surface area (Å²) in [6, 6.07) is 13.5. The molecule has 6 nitrogen and oxygen atoms in total. The van der Waals surface area contributed by atoms with Gasteiger partial charge in [-0.2, -0.15) is 4.98 Å². The first-order valence-corrected chi connectivity index (χ1v) is 8.99. The second-order valence-electron chi connectivity index (χ2n) is 5.37. The van der Waals surface area contributed by atoms with Crippen molar-refractivity contribution in [1.29, 1.82) is 0 Å². The van der Waals surface area contributed by atoms with E-state index in [-0.39, 0.29) is 4.90 Å². The first-order valence-electron chi connectivity index (χ1n) is 7.50. The van der Waals surface area contributed by atoms with Gasteiger partial charge in [-0.05, 0) is 37.3 Å². The highest BCUT2D eigenvalue weighted by Crippen LogP contribution is 2.23. The molecule has 0 saturated carbocycles. The lowest BCUT2D eigenvalue weighted by Crippen LogP contribution is -2.12. The first kappa shape index (κ1) is 16.2. The Labute approximate surface area is 140 Å². The summed E-state index contributed by atoms with van der Waals surface area (Å²) in [4.78, 5) is 4.46. The Morgan fingerprint density at radius 3 is 2.54 bits per heavy atom. The number of hydrogen-bond acceptors (Lipinski definition) is 5. The lowest BCUT2D eigenvalue weighted by Gasteiger charge is -2.09. The molecule has 0 amide bonds. The summed E-state index contributed by atoms with van der Waals surface area (Å²) in [6.07, 6.45) is 0.670. The van der Waals surface area contributed by atoms with E-state index in [1.54, 1.807) is 48.5 Å². The molecule has 1 N–H and O–H groups in total. The summed E-state index contributed by atoms with van der Waals surface area (Å²) < 4.78 is 32.7. The smallest absolute Gasteiger partial charge is 0.261 e. The zero-order chi connectivity index (χ0) is 17.2. The third kappa shape index (κ3) is 3.46. The van der Waals surface area contributed by atoms with Gasteiger partial charge in [0.1, 0.15) is 0 Å². The summed E-state index contributed by atoms with van der Waals surface area (Å²) >= 11 is 0. The van der Waals surface area contributed by atoms with Crippen molar-refractivity contribution in [3.63, 3.8) is 0 Å². The summed E-state index contributed by atoms with van der Waals surface area (Å²) in [5, 5.41) is 3.85. The number of hydrogen-bond donors (Lipinski definition) is 1. The maximum atomic E-state index is 12.4. The first-order chi connectivity index (χ1) is 11.5. The number of aryl methyl sites for hydroxylation is 2. The van der Waals surface area contributed by atoms with E-state index in [1.807, 2.05) is 13.8 Å². The van der Waals surface area contributed by atoms with E-state index in [1.165, 1.54) is 0 Å². The Kier molecular flexibility index (Phi) is 4.35. The van der Waals surface area contributed by atoms with Gasteiger partial charge in [-0.15, -0.1) is 0 Å². The highest BCUT2D eigenvalue weighted by Gasteiger charge is 2.15. The highest BCUT2D eigenvalue weighted by atomic mass is 32.2. The summed E-state index contributed by atoms with van der Waals surface area (Å²) in [5.74, 6) is 0.971. The van der Waals surface area contributed by atoms with Crippen LogP contribution in [0.4, 0.5) is 5.69 Å². The largest absolute Gasteiger partial charge is 0.334 e. The fraction of sp³-hybridized carbons (Fsp3) is 0.176. The maximum Gasteiger partial charge on any atom is 0.261 e. The Balaban J connectivity index is 1.87. The van der Waals surface area contributed by atoms with Gasteiger partial charge in [0.25, 0.3) is 15.9 Å². The molecular weight excluding hydrogens is 326 g/mol. The van der Waals surface area contributed by atoms with Crippen molar-refractivity contribution in [3.05, 3.63) is 59.9 Å². The van der Waals surface area contributed by atoms with Crippen LogP contribution in [0, 0.1) is 6.92 Å². The second-order valence-corrected chi connectivity index (χ2v) is 7.05. The van der Waals surface area contributed by atoms with E-state index in [2.05, 4.69) is 14.9 Å². The third-order valence-electron chi connectivity index (χ3n) is 3.48. The van der Waals surface area contributed by atoms with Crippen LogP contribution >= 0.6 is 0 Å². The van der Waals surface area contributed by atoms with E-state index in [9.17, 15) is 8.42 Å². The van der Waals surface area contributed by atoms with Crippen LogP contribution in [0.3, 0.4) is 0 Å². The number of sulfonamides is 1. The van der Waals surface area contributed by atoms with Gasteiger partial charge in [0.2, 0.25) is 0 Å². The molecule has 0 atom stereocenters. The third-order valence-corrected chi connectivity index (χ3v) is 4.87. The lowest BCUT2D eigenvalue weighted by molar-refractivity contribution is 0.423.